The molecule has 1 fully saturated rings. The zero-order valence-corrected chi connectivity index (χ0v) is 18.2. The molecule has 3 aromatic rings. The SMILES string of the molecule is CN=Cc1c(N2CC3CC=CC(CO)C3C2)c(F)cc2c(=O)c(C(=O)O)c3sccn3c12. The molecule has 2 aromatic heterocycles. The highest BCUT2D eigenvalue weighted by molar-refractivity contribution is 7.16. The molecule has 3 atom stereocenters. The molecule has 5 rings (SSSR count). The van der Waals surface area contributed by atoms with E-state index in [4.69, 9.17) is 0 Å². The number of carboxylic acids is 1. The molecule has 7 nitrogen and oxygen atoms in total. The molecule has 3 unspecified atom stereocenters. The average Bonchev–Trinajstić information content (AvgIpc) is 3.40. The molecule has 0 radical (unpaired) electrons. The number of carboxylic acid groups (broad SMARTS) is 1. The van der Waals surface area contributed by atoms with E-state index in [0.29, 0.717) is 40.6 Å². The molecule has 166 valence electrons. The van der Waals surface area contributed by atoms with Crippen LogP contribution in [0.2, 0.25) is 0 Å². The van der Waals surface area contributed by atoms with E-state index in [9.17, 15) is 19.8 Å². The van der Waals surface area contributed by atoms with Crippen molar-refractivity contribution in [2.24, 2.45) is 22.7 Å². The van der Waals surface area contributed by atoms with Crippen molar-refractivity contribution >= 4 is 44.9 Å². The van der Waals surface area contributed by atoms with Crippen LogP contribution < -0.4 is 10.3 Å². The number of carbonyl (C=O) groups is 1. The van der Waals surface area contributed by atoms with Crippen LogP contribution in [0.1, 0.15) is 22.3 Å². The second kappa shape index (κ2) is 7.83. The lowest BCUT2D eigenvalue weighted by Gasteiger charge is -2.27. The van der Waals surface area contributed by atoms with Crippen molar-refractivity contribution in [2.45, 2.75) is 6.42 Å². The van der Waals surface area contributed by atoms with Crippen LogP contribution in [-0.4, -0.2) is 53.5 Å². The van der Waals surface area contributed by atoms with Gasteiger partial charge in [-0.05, 0) is 24.3 Å². The number of allylic oxidation sites excluding steroid dienone is 1. The summed E-state index contributed by atoms with van der Waals surface area (Å²) in [4.78, 5) is 31.3. The van der Waals surface area contributed by atoms with Crippen LogP contribution >= 0.6 is 11.3 Å². The van der Waals surface area contributed by atoms with Gasteiger partial charge in [-0.25, -0.2) is 9.18 Å². The number of fused-ring (bicyclic) bond motifs is 4. The van der Waals surface area contributed by atoms with Gasteiger partial charge in [-0.15, -0.1) is 11.3 Å². The van der Waals surface area contributed by atoms with Crippen molar-refractivity contribution in [1.29, 1.82) is 0 Å². The smallest absolute Gasteiger partial charge is 0.342 e. The van der Waals surface area contributed by atoms with E-state index in [0.717, 1.165) is 23.8 Å². The summed E-state index contributed by atoms with van der Waals surface area (Å²) in [6, 6.07) is 1.15. The fourth-order valence-corrected chi connectivity index (χ4v) is 6.17. The Balaban J connectivity index is 1.78. The molecule has 1 aliphatic heterocycles. The Bertz CT molecular complexity index is 1360. The topological polar surface area (TPSA) is 94.6 Å². The average molecular weight is 456 g/mol. The van der Waals surface area contributed by atoms with Crippen LogP contribution in [0.4, 0.5) is 10.1 Å². The standard InChI is InChI=1S/C23H22FN3O4S/c1-25-8-15-19-14(21(29)18(23(30)31)22-27(19)5-6-32-22)7-17(24)20(15)26-9-12-3-2-4-13(11-28)16(12)10-26/h2,4-8,12-13,16,28H,3,9-11H2,1H3,(H,30,31). The number of aliphatic hydroxyl groups is 1. The van der Waals surface area contributed by atoms with Gasteiger partial charge in [0.1, 0.15) is 16.2 Å². The summed E-state index contributed by atoms with van der Waals surface area (Å²) >= 11 is 1.15. The summed E-state index contributed by atoms with van der Waals surface area (Å²) in [5.74, 6) is -1.36. The van der Waals surface area contributed by atoms with Gasteiger partial charge in [0.25, 0.3) is 0 Å². The highest BCUT2D eigenvalue weighted by Gasteiger charge is 2.39. The number of halogens is 1. The minimum atomic E-state index is -1.33. The number of anilines is 1. The van der Waals surface area contributed by atoms with E-state index in [2.05, 4.69) is 11.1 Å². The Morgan fingerprint density at radius 2 is 2.22 bits per heavy atom. The van der Waals surface area contributed by atoms with E-state index in [1.165, 1.54) is 6.21 Å². The number of aliphatic imine (C=N–C) groups is 1. The Morgan fingerprint density at radius 1 is 1.41 bits per heavy atom. The predicted octanol–water partition coefficient (Wildman–Crippen LogP) is 3.02. The van der Waals surface area contributed by atoms with Gasteiger partial charge < -0.3 is 19.5 Å². The maximum absolute atomic E-state index is 15.6. The third kappa shape index (κ3) is 2.99. The summed E-state index contributed by atoms with van der Waals surface area (Å²) in [7, 11) is 1.58. The maximum Gasteiger partial charge on any atom is 0.342 e. The lowest BCUT2D eigenvalue weighted by atomic mass is 9.78. The number of aromatic nitrogens is 1. The van der Waals surface area contributed by atoms with Gasteiger partial charge in [-0.2, -0.15) is 0 Å². The van der Waals surface area contributed by atoms with Gasteiger partial charge in [-0.1, -0.05) is 12.2 Å². The highest BCUT2D eigenvalue weighted by atomic mass is 32.1. The van der Waals surface area contributed by atoms with Crippen molar-refractivity contribution in [1.82, 2.24) is 4.40 Å². The van der Waals surface area contributed by atoms with Gasteiger partial charge in [-0.3, -0.25) is 9.79 Å². The first-order chi connectivity index (χ1) is 15.5. The number of aliphatic hydroxyl groups excluding tert-OH is 1. The number of hydrogen-bond acceptors (Lipinski definition) is 6. The van der Waals surface area contributed by atoms with E-state index >= 15 is 4.39 Å². The van der Waals surface area contributed by atoms with Crippen molar-refractivity contribution in [3.63, 3.8) is 0 Å². The van der Waals surface area contributed by atoms with Crippen LogP contribution in [0.25, 0.3) is 15.7 Å². The fraction of sp³-hybridized carbons (Fsp3) is 0.348. The molecule has 32 heavy (non-hydrogen) atoms. The van der Waals surface area contributed by atoms with Crippen LogP contribution in [-0.2, 0) is 0 Å². The monoisotopic (exact) mass is 455 g/mol. The van der Waals surface area contributed by atoms with E-state index in [1.807, 2.05) is 11.0 Å². The predicted molar refractivity (Wildman–Crippen MR) is 123 cm³/mol. The molecule has 0 bridgehead atoms. The summed E-state index contributed by atoms with van der Waals surface area (Å²) in [5.41, 5.74) is 0.201. The Kier molecular flexibility index (Phi) is 5.10. The first-order valence-electron chi connectivity index (χ1n) is 10.4. The van der Waals surface area contributed by atoms with Crippen LogP contribution in [0.15, 0.2) is 39.6 Å². The molecule has 1 aliphatic carbocycles. The third-order valence-electron chi connectivity index (χ3n) is 6.66. The molecule has 1 saturated heterocycles. The van der Waals surface area contributed by atoms with Crippen LogP contribution in [0.5, 0.6) is 0 Å². The van der Waals surface area contributed by atoms with Gasteiger partial charge in [0.15, 0.2) is 0 Å². The molecule has 2 N–H and O–H groups in total. The minimum Gasteiger partial charge on any atom is -0.477 e. The molecule has 0 saturated carbocycles. The van der Waals surface area contributed by atoms with Crippen molar-refractivity contribution in [2.75, 3.05) is 31.6 Å². The molecule has 3 heterocycles. The Morgan fingerprint density at radius 3 is 2.94 bits per heavy atom. The number of hydrogen-bond donors (Lipinski definition) is 2. The number of nitrogens with zero attached hydrogens (tertiary/aromatic N) is 3. The van der Waals surface area contributed by atoms with Gasteiger partial charge in [0, 0.05) is 56.0 Å². The van der Waals surface area contributed by atoms with Crippen molar-refractivity contribution in [3.8, 4) is 0 Å². The van der Waals surface area contributed by atoms with Gasteiger partial charge >= 0.3 is 5.97 Å². The summed E-state index contributed by atoms with van der Waals surface area (Å²) < 4.78 is 17.2. The molecule has 9 heteroatoms. The largest absolute Gasteiger partial charge is 0.477 e. The second-order valence-corrected chi connectivity index (χ2v) is 9.23. The second-order valence-electron chi connectivity index (χ2n) is 8.33. The minimum absolute atomic E-state index is 0.0148. The highest BCUT2D eigenvalue weighted by Crippen LogP contribution is 2.41. The van der Waals surface area contributed by atoms with Crippen LogP contribution in [0.3, 0.4) is 0 Å². The molecule has 1 aromatic carbocycles. The van der Waals surface area contributed by atoms with E-state index in [1.54, 1.807) is 23.0 Å². The Labute approximate surface area is 186 Å². The van der Waals surface area contributed by atoms with Crippen molar-refractivity contribution < 1.29 is 19.4 Å². The first kappa shape index (κ1) is 20.8. The summed E-state index contributed by atoms with van der Waals surface area (Å²) in [6.07, 6.45) is 8.23. The number of benzene rings is 1. The maximum atomic E-state index is 15.6. The number of pyridine rings is 1. The lowest BCUT2D eigenvalue weighted by molar-refractivity contribution is 0.0697. The molecule has 0 amide bonds. The quantitative estimate of drug-likeness (QED) is 0.466. The van der Waals surface area contributed by atoms with E-state index in [-0.39, 0.29) is 29.4 Å². The van der Waals surface area contributed by atoms with Gasteiger partial charge in [0.05, 0.1) is 16.6 Å². The first-order valence-corrected chi connectivity index (χ1v) is 11.3. The molecule has 0 spiro atoms. The van der Waals surface area contributed by atoms with Crippen LogP contribution in [0, 0.1) is 23.6 Å². The summed E-state index contributed by atoms with van der Waals surface area (Å²) in [5, 5.41) is 21.1. The Hall–Kier alpha value is -3.04. The lowest BCUT2D eigenvalue weighted by Crippen LogP contribution is -2.27. The summed E-state index contributed by atoms with van der Waals surface area (Å²) in [6.45, 7) is 1.27. The van der Waals surface area contributed by atoms with Gasteiger partial charge in [0.2, 0.25) is 5.43 Å². The number of aromatic carboxylic acids is 1. The molecule has 2 aliphatic rings. The third-order valence-corrected chi connectivity index (χ3v) is 7.54. The fourth-order valence-electron chi connectivity index (χ4n) is 5.29. The van der Waals surface area contributed by atoms with E-state index < -0.39 is 17.2 Å². The normalized spacial score (nSPS) is 23.0. The number of rotatable bonds is 4. The number of thiazole rings is 1. The zero-order chi connectivity index (χ0) is 22.6. The zero-order valence-electron chi connectivity index (χ0n) is 17.4. The molecular formula is C23H22FN3O4S. The van der Waals surface area contributed by atoms with Crippen molar-refractivity contribution in [3.05, 3.63) is 57.0 Å². The molecular weight excluding hydrogens is 433 g/mol.